The number of ketones is 1. The van der Waals surface area contributed by atoms with Crippen molar-refractivity contribution in [3.05, 3.63) is 51.8 Å². The molecule has 1 aliphatic rings. The van der Waals surface area contributed by atoms with Crippen molar-refractivity contribution in [3.8, 4) is 0 Å². The Bertz CT molecular complexity index is 761. The van der Waals surface area contributed by atoms with Crippen LogP contribution in [0.3, 0.4) is 0 Å². The van der Waals surface area contributed by atoms with Crippen LogP contribution >= 0.6 is 46.7 Å². The van der Waals surface area contributed by atoms with Crippen LogP contribution in [0.2, 0.25) is 10.0 Å². The third-order valence-corrected chi connectivity index (χ3v) is 5.83. The molecule has 120 valence electrons. The van der Waals surface area contributed by atoms with Gasteiger partial charge in [-0.1, -0.05) is 46.7 Å². The van der Waals surface area contributed by atoms with Crippen LogP contribution in [0, 0.1) is 0 Å². The fraction of sp³-hybridized carbons (Fsp3) is 0.214. The van der Waals surface area contributed by atoms with Gasteiger partial charge >= 0.3 is 0 Å². The molecule has 1 atom stereocenters. The summed E-state index contributed by atoms with van der Waals surface area (Å²) in [5.41, 5.74) is 4.37. The van der Waals surface area contributed by atoms with Crippen molar-refractivity contribution in [2.45, 2.75) is 5.37 Å². The second-order valence-corrected chi connectivity index (χ2v) is 7.92. The first kappa shape index (κ1) is 16.7. The van der Waals surface area contributed by atoms with Crippen molar-refractivity contribution < 1.29 is 4.79 Å². The smallest absolute Gasteiger partial charge is 0.173 e. The molecule has 2 aromatic rings. The highest BCUT2D eigenvalue weighted by Crippen LogP contribution is 2.37. The Labute approximate surface area is 151 Å². The molecule has 0 amide bonds. The number of thioether (sulfide) groups is 2. The number of carbonyl (C=O) groups excluding carboxylic acids is 1. The molecule has 23 heavy (non-hydrogen) atoms. The number of hydrogen-bond acceptors (Lipinski definition) is 6. The zero-order chi connectivity index (χ0) is 16.4. The molecule has 0 saturated carbocycles. The van der Waals surface area contributed by atoms with E-state index >= 15 is 0 Å². The van der Waals surface area contributed by atoms with Crippen LogP contribution in [0.15, 0.2) is 35.6 Å². The van der Waals surface area contributed by atoms with E-state index in [1.54, 1.807) is 35.1 Å². The SMILES string of the molecule is Cn1cc(Cl)c(C2NN=C(SCC(=O)c3ccc(Cl)cc3)S2)n1. The maximum Gasteiger partial charge on any atom is 0.173 e. The van der Waals surface area contributed by atoms with Gasteiger partial charge in [0.25, 0.3) is 0 Å². The first-order chi connectivity index (χ1) is 11.0. The van der Waals surface area contributed by atoms with Crippen LogP contribution in [-0.4, -0.2) is 25.7 Å². The van der Waals surface area contributed by atoms with Crippen molar-refractivity contribution >= 4 is 56.9 Å². The van der Waals surface area contributed by atoms with Crippen molar-refractivity contribution in [1.82, 2.24) is 15.2 Å². The van der Waals surface area contributed by atoms with Crippen molar-refractivity contribution in [3.63, 3.8) is 0 Å². The lowest BCUT2D eigenvalue weighted by atomic mass is 10.1. The molecular weight excluding hydrogens is 375 g/mol. The minimum absolute atomic E-state index is 0.0364. The van der Waals surface area contributed by atoms with Gasteiger partial charge in [0, 0.05) is 23.8 Å². The molecule has 0 fully saturated rings. The number of nitrogens with one attached hydrogen (secondary N) is 1. The summed E-state index contributed by atoms with van der Waals surface area (Å²) in [6.07, 6.45) is 1.74. The number of halogens is 2. The summed E-state index contributed by atoms with van der Waals surface area (Å²) >= 11 is 14.8. The van der Waals surface area contributed by atoms with Crippen LogP contribution in [-0.2, 0) is 7.05 Å². The van der Waals surface area contributed by atoms with Crippen LogP contribution in [0.25, 0.3) is 0 Å². The zero-order valence-corrected chi connectivity index (χ0v) is 15.1. The average molecular weight is 387 g/mol. The molecule has 1 N–H and O–H groups in total. The molecule has 0 saturated heterocycles. The number of aryl methyl sites for hydroxylation is 1. The van der Waals surface area contributed by atoms with E-state index in [0.717, 1.165) is 10.1 Å². The Morgan fingerprint density at radius 2 is 2.13 bits per heavy atom. The summed E-state index contributed by atoms with van der Waals surface area (Å²) in [5.74, 6) is 0.354. The maximum atomic E-state index is 12.1. The lowest BCUT2D eigenvalue weighted by Gasteiger charge is -2.05. The van der Waals surface area contributed by atoms with Gasteiger partial charge in [-0.05, 0) is 24.3 Å². The van der Waals surface area contributed by atoms with E-state index in [1.165, 1.54) is 23.5 Å². The fourth-order valence-corrected chi connectivity index (χ4v) is 4.40. The van der Waals surface area contributed by atoms with Gasteiger partial charge in [0.05, 0.1) is 10.8 Å². The van der Waals surface area contributed by atoms with E-state index in [4.69, 9.17) is 23.2 Å². The Kier molecular flexibility index (Phi) is 5.21. The quantitative estimate of drug-likeness (QED) is 0.806. The fourth-order valence-electron chi connectivity index (χ4n) is 1.95. The normalized spacial score (nSPS) is 17.0. The number of rotatable bonds is 4. The molecule has 9 heteroatoms. The minimum Gasteiger partial charge on any atom is -0.293 e. The second kappa shape index (κ2) is 7.17. The highest BCUT2D eigenvalue weighted by molar-refractivity contribution is 8.39. The molecule has 3 rings (SSSR count). The lowest BCUT2D eigenvalue weighted by Crippen LogP contribution is -2.08. The van der Waals surface area contributed by atoms with Gasteiger partial charge in [-0.2, -0.15) is 10.2 Å². The monoisotopic (exact) mass is 386 g/mol. The molecule has 0 radical (unpaired) electrons. The average Bonchev–Trinajstić information content (AvgIpc) is 3.11. The predicted molar refractivity (Wildman–Crippen MR) is 97.4 cm³/mol. The molecule has 0 spiro atoms. The number of Topliss-reactive ketones (excluding diaryl/α,β-unsaturated/α-hetero) is 1. The zero-order valence-electron chi connectivity index (χ0n) is 12.0. The van der Waals surface area contributed by atoms with Gasteiger partial charge in [-0.25, -0.2) is 0 Å². The summed E-state index contributed by atoms with van der Waals surface area (Å²) in [5, 5.41) is 9.63. The van der Waals surface area contributed by atoms with Crippen molar-refractivity contribution in [2.24, 2.45) is 12.1 Å². The highest BCUT2D eigenvalue weighted by atomic mass is 35.5. The van der Waals surface area contributed by atoms with Crippen molar-refractivity contribution in [1.29, 1.82) is 0 Å². The van der Waals surface area contributed by atoms with E-state index < -0.39 is 0 Å². The standard InChI is InChI=1S/C14H12Cl2N4OS2/c1-20-6-10(16)12(19-20)13-17-18-14(23-13)22-7-11(21)8-2-4-9(15)5-3-8/h2-6,13,17H,7H2,1H3. The topological polar surface area (TPSA) is 59.3 Å². The van der Waals surface area contributed by atoms with Gasteiger partial charge in [-0.3, -0.25) is 14.9 Å². The Morgan fingerprint density at radius 3 is 2.78 bits per heavy atom. The summed E-state index contributed by atoms with van der Waals surface area (Å²) in [7, 11) is 1.82. The highest BCUT2D eigenvalue weighted by Gasteiger charge is 2.26. The van der Waals surface area contributed by atoms with Gasteiger partial charge in [0.2, 0.25) is 0 Å². The van der Waals surface area contributed by atoms with Gasteiger partial charge < -0.3 is 0 Å². The molecule has 1 unspecified atom stereocenters. The molecule has 5 nitrogen and oxygen atoms in total. The Morgan fingerprint density at radius 1 is 1.39 bits per heavy atom. The third-order valence-electron chi connectivity index (χ3n) is 3.04. The number of nitrogens with zero attached hydrogens (tertiary/aromatic N) is 3. The molecule has 1 aliphatic heterocycles. The van der Waals surface area contributed by atoms with Gasteiger partial charge in [0.15, 0.2) is 10.2 Å². The van der Waals surface area contributed by atoms with E-state index in [9.17, 15) is 4.79 Å². The molecule has 0 bridgehead atoms. The van der Waals surface area contributed by atoms with Gasteiger partial charge in [0.1, 0.15) is 11.1 Å². The summed E-state index contributed by atoms with van der Waals surface area (Å²) in [6.45, 7) is 0. The number of hydrogen-bond donors (Lipinski definition) is 1. The number of carbonyl (C=O) groups is 1. The van der Waals surface area contributed by atoms with E-state index in [-0.39, 0.29) is 11.2 Å². The first-order valence-electron chi connectivity index (χ1n) is 6.63. The number of benzene rings is 1. The minimum atomic E-state index is -0.128. The largest absolute Gasteiger partial charge is 0.293 e. The van der Waals surface area contributed by atoms with E-state index in [2.05, 4.69) is 15.6 Å². The lowest BCUT2D eigenvalue weighted by molar-refractivity contribution is 0.102. The second-order valence-electron chi connectivity index (χ2n) is 4.76. The number of aromatic nitrogens is 2. The predicted octanol–water partition coefficient (Wildman–Crippen LogP) is 3.95. The molecule has 0 aliphatic carbocycles. The van der Waals surface area contributed by atoms with E-state index in [1.807, 2.05) is 7.05 Å². The van der Waals surface area contributed by atoms with Crippen LogP contribution < -0.4 is 5.43 Å². The molecular formula is C14H12Cl2N4OS2. The first-order valence-corrected chi connectivity index (χ1v) is 9.25. The van der Waals surface area contributed by atoms with Crippen LogP contribution in [0.5, 0.6) is 0 Å². The number of hydrazone groups is 1. The molecule has 1 aromatic carbocycles. The summed E-state index contributed by atoms with van der Waals surface area (Å²) in [6, 6.07) is 6.87. The maximum absolute atomic E-state index is 12.1. The molecule has 2 heterocycles. The van der Waals surface area contributed by atoms with Crippen molar-refractivity contribution in [2.75, 3.05) is 5.75 Å². The van der Waals surface area contributed by atoms with Gasteiger partial charge in [-0.15, -0.1) is 0 Å². The Balaban J connectivity index is 1.55. The third kappa shape index (κ3) is 4.03. The van der Waals surface area contributed by atoms with Crippen LogP contribution in [0.1, 0.15) is 21.4 Å². The summed E-state index contributed by atoms with van der Waals surface area (Å²) in [4.78, 5) is 12.1. The van der Waals surface area contributed by atoms with E-state index in [0.29, 0.717) is 21.4 Å². The van der Waals surface area contributed by atoms with Crippen LogP contribution in [0.4, 0.5) is 0 Å². The summed E-state index contributed by atoms with van der Waals surface area (Å²) < 4.78 is 2.45. The Hall–Kier alpha value is -1.15. The molecule has 1 aromatic heterocycles.